The number of hydrogen-bond donors (Lipinski definition) is 2. The van der Waals surface area contributed by atoms with E-state index in [1.165, 1.54) is 15.7 Å². The van der Waals surface area contributed by atoms with Gasteiger partial charge in [0.15, 0.2) is 0 Å². The van der Waals surface area contributed by atoms with Crippen LogP contribution in [0.4, 0.5) is 0 Å². The van der Waals surface area contributed by atoms with E-state index in [9.17, 15) is 9.59 Å². The average Bonchev–Trinajstić information content (AvgIpc) is 2.99. The lowest BCUT2D eigenvalue weighted by atomic mass is 9.96. The maximum Gasteiger partial charge on any atom is 0.248 e. The van der Waals surface area contributed by atoms with Crippen LogP contribution in [0.15, 0.2) is 48.5 Å². The Morgan fingerprint density at radius 1 is 1.14 bits per heavy atom. The minimum Gasteiger partial charge on any atom is -0.322 e. The molecule has 2 heterocycles. The Bertz CT molecular complexity index is 636. The monoisotopic (exact) mass is 297 g/mol. The highest BCUT2D eigenvalue weighted by atomic mass is 16.2. The Labute approximate surface area is 129 Å². The summed E-state index contributed by atoms with van der Waals surface area (Å²) < 4.78 is 0. The van der Waals surface area contributed by atoms with E-state index in [0.717, 1.165) is 13.0 Å². The number of carbonyl (C=O) groups excluding carboxylic acids is 2. The highest BCUT2D eigenvalue weighted by Crippen LogP contribution is 2.26. The Morgan fingerprint density at radius 3 is 2.18 bits per heavy atom. The zero-order chi connectivity index (χ0) is 15.5. The molecule has 2 atom stereocenters. The lowest BCUT2D eigenvalue weighted by molar-refractivity contribution is -0.159. The van der Waals surface area contributed by atoms with Crippen LogP contribution in [0.1, 0.15) is 6.42 Å². The molecule has 5 heteroatoms. The standard InChI is InChI=1S/C10H8.C7H11N3O2/c1-2-6-10-8-4-3-7-9(10)5-1;8-3-5(11)10-4-1-2-9-6(4)7(10)12/h1-8H;4,6,9H,1-3,8H2. The summed E-state index contributed by atoms with van der Waals surface area (Å²) in [7, 11) is 0. The number of likely N-dealkylation sites (tertiary alicyclic amines) is 1. The molecule has 114 valence electrons. The summed E-state index contributed by atoms with van der Waals surface area (Å²) in [5.74, 6) is -0.377. The van der Waals surface area contributed by atoms with Gasteiger partial charge in [0.05, 0.1) is 12.6 Å². The fraction of sp³-hybridized carbons (Fsp3) is 0.294. The summed E-state index contributed by atoms with van der Waals surface area (Å²) in [6.45, 7) is 0.740. The van der Waals surface area contributed by atoms with E-state index in [1.54, 1.807) is 0 Å². The van der Waals surface area contributed by atoms with Crippen molar-refractivity contribution in [3.8, 4) is 0 Å². The van der Waals surface area contributed by atoms with Crippen molar-refractivity contribution in [1.29, 1.82) is 0 Å². The van der Waals surface area contributed by atoms with Crippen LogP contribution in [-0.4, -0.2) is 41.9 Å². The molecule has 0 bridgehead atoms. The molecule has 0 spiro atoms. The average molecular weight is 297 g/mol. The fourth-order valence-electron chi connectivity index (χ4n) is 2.99. The summed E-state index contributed by atoms with van der Waals surface area (Å²) in [4.78, 5) is 23.6. The largest absolute Gasteiger partial charge is 0.322 e. The van der Waals surface area contributed by atoms with Gasteiger partial charge in [-0.3, -0.25) is 14.5 Å². The van der Waals surface area contributed by atoms with Gasteiger partial charge >= 0.3 is 0 Å². The van der Waals surface area contributed by atoms with Crippen molar-refractivity contribution in [3.63, 3.8) is 0 Å². The molecule has 0 saturated carbocycles. The fourth-order valence-corrected chi connectivity index (χ4v) is 2.99. The molecule has 0 aliphatic carbocycles. The van der Waals surface area contributed by atoms with Crippen LogP contribution in [-0.2, 0) is 9.59 Å². The van der Waals surface area contributed by atoms with Gasteiger partial charge in [-0.15, -0.1) is 0 Å². The summed E-state index contributed by atoms with van der Waals surface area (Å²) >= 11 is 0. The summed E-state index contributed by atoms with van der Waals surface area (Å²) in [5, 5.41) is 5.65. The first-order chi connectivity index (χ1) is 10.7. The molecule has 2 fully saturated rings. The highest BCUT2D eigenvalue weighted by Gasteiger charge is 2.52. The van der Waals surface area contributed by atoms with Gasteiger partial charge in [0.25, 0.3) is 0 Å². The van der Waals surface area contributed by atoms with Crippen molar-refractivity contribution in [3.05, 3.63) is 48.5 Å². The Morgan fingerprint density at radius 2 is 1.68 bits per heavy atom. The third-order valence-electron chi connectivity index (χ3n) is 4.13. The predicted octanol–water partition coefficient (Wildman–Crippen LogP) is 0.884. The van der Waals surface area contributed by atoms with Crippen molar-refractivity contribution in [1.82, 2.24) is 10.2 Å². The second-order valence-corrected chi connectivity index (χ2v) is 5.44. The number of benzene rings is 2. The Kier molecular flexibility index (Phi) is 4.18. The molecule has 5 nitrogen and oxygen atoms in total. The van der Waals surface area contributed by atoms with E-state index in [0.29, 0.717) is 0 Å². The van der Waals surface area contributed by atoms with E-state index in [-0.39, 0.29) is 30.4 Å². The number of imide groups is 1. The molecule has 2 unspecified atom stereocenters. The number of rotatable bonds is 1. The van der Waals surface area contributed by atoms with Crippen LogP contribution in [0.25, 0.3) is 10.8 Å². The first kappa shape index (κ1) is 14.7. The van der Waals surface area contributed by atoms with Crippen molar-refractivity contribution in [2.24, 2.45) is 5.73 Å². The van der Waals surface area contributed by atoms with Gasteiger partial charge in [-0.05, 0) is 23.7 Å². The van der Waals surface area contributed by atoms with E-state index < -0.39 is 0 Å². The van der Waals surface area contributed by atoms with Crippen LogP contribution < -0.4 is 11.1 Å². The lowest BCUT2D eigenvalue weighted by Gasteiger charge is -2.41. The van der Waals surface area contributed by atoms with E-state index >= 15 is 0 Å². The molecule has 0 radical (unpaired) electrons. The topological polar surface area (TPSA) is 75.4 Å². The number of amides is 2. The molecule has 22 heavy (non-hydrogen) atoms. The second kappa shape index (κ2) is 6.25. The molecule has 2 saturated heterocycles. The van der Waals surface area contributed by atoms with Crippen LogP contribution in [0.5, 0.6) is 0 Å². The highest BCUT2D eigenvalue weighted by molar-refractivity contribution is 6.04. The number of β-lactam (4-membered cyclic amide) rings is 1. The molecule has 2 amide bonds. The van der Waals surface area contributed by atoms with E-state index in [4.69, 9.17) is 5.73 Å². The lowest BCUT2D eigenvalue weighted by Crippen LogP contribution is -2.68. The van der Waals surface area contributed by atoms with Crippen LogP contribution >= 0.6 is 0 Å². The number of nitrogens with one attached hydrogen (secondary N) is 1. The molecular weight excluding hydrogens is 278 g/mol. The first-order valence-corrected chi connectivity index (χ1v) is 7.45. The van der Waals surface area contributed by atoms with Crippen molar-refractivity contribution >= 4 is 22.6 Å². The van der Waals surface area contributed by atoms with Crippen LogP contribution in [0, 0.1) is 0 Å². The second-order valence-electron chi connectivity index (χ2n) is 5.44. The number of nitrogens with zero attached hydrogens (tertiary/aromatic N) is 1. The van der Waals surface area contributed by atoms with Crippen molar-refractivity contribution < 1.29 is 9.59 Å². The third-order valence-corrected chi connectivity index (χ3v) is 4.13. The van der Waals surface area contributed by atoms with Gasteiger partial charge in [-0.25, -0.2) is 0 Å². The number of hydrogen-bond acceptors (Lipinski definition) is 4. The SMILES string of the molecule is NCC(=O)N1C(=O)C2NCCC21.c1ccc2ccccc2c1. The molecule has 2 aromatic rings. The van der Waals surface area contributed by atoms with Crippen molar-refractivity contribution in [2.45, 2.75) is 18.5 Å². The van der Waals surface area contributed by atoms with Gasteiger partial charge < -0.3 is 11.1 Å². The normalized spacial score (nSPS) is 22.6. The van der Waals surface area contributed by atoms with Gasteiger partial charge in [0, 0.05) is 0 Å². The maximum atomic E-state index is 11.2. The Balaban J connectivity index is 0.000000133. The minimum atomic E-state index is -0.259. The zero-order valence-electron chi connectivity index (χ0n) is 12.2. The molecule has 4 rings (SSSR count). The molecule has 2 aliphatic heterocycles. The molecule has 3 N–H and O–H groups in total. The smallest absolute Gasteiger partial charge is 0.248 e. The van der Waals surface area contributed by atoms with Crippen LogP contribution in [0.3, 0.4) is 0 Å². The molecule has 2 aromatic carbocycles. The minimum absolute atomic E-state index is 0.0744. The van der Waals surface area contributed by atoms with E-state index in [1.807, 2.05) is 0 Å². The molecular formula is C17H19N3O2. The maximum absolute atomic E-state index is 11.2. The predicted molar refractivity (Wildman–Crippen MR) is 85.1 cm³/mol. The number of nitrogens with two attached hydrogens (primary N) is 1. The van der Waals surface area contributed by atoms with Gasteiger partial charge in [-0.2, -0.15) is 0 Å². The van der Waals surface area contributed by atoms with Gasteiger partial charge in [-0.1, -0.05) is 48.5 Å². The number of fused-ring (bicyclic) bond motifs is 2. The van der Waals surface area contributed by atoms with Gasteiger partial charge in [0.1, 0.15) is 6.04 Å². The quantitative estimate of drug-likeness (QED) is 0.766. The van der Waals surface area contributed by atoms with Crippen LogP contribution in [0.2, 0.25) is 0 Å². The summed E-state index contributed by atoms with van der Waals surface area (Å²) in [5.41, 5.74) is 5.16. The summed E-state index contributed by atoms with van der Waals surface area (Å²) in [6, 6.07) is 16.7. The van der Waals surface area contributed by atoms with E-state index in [2.05, 4.69) is 53.8 Å². The zero-order valence-corrected chi connectivity index (χ0v) is 12.2. The van der Waals surface area contributed by atoms with Gasteiger partial charge in [0.2, 0.25) is 11.8 Å². The first-order valence-electron chi connectivity index (χ1n) is 7.45. The number of carbonyl (C=O) groups is 2. The molecule has 2 aliphatic rings. The Hall–Kier alpha value is -2.24. The summed E-state index contributed by atoms with van der Waals surface area (Å²) in [6.07, 6.45) is 0.863. The molecule has 0 aromatic heterocycles. The van der Waals surface area contributed by atoms with Crippen molar-refractivity contribution in [2.75, 3.05) is 13.1 Å². The third kappa shape index (κ3) is 2.61.